The molecule has 10 heteroatoms. The van der Waals surface area contributed by atoms with Crippen LogP contribution in [0.3, 0.4) is 0 Å². The van der Waals surface area contributed by atoms with Gasteiger partial charge in [0.15, 0.2) is 11.6 Å². The lowest BCUT2D eigenvalue weighted by molar-refractivity contribution is -0.141. The predicted molar refractivity (Wildman–Crippen MR) is 83.3 cm³/mol. The Labute approximate surface area is 148 Å². The van der Waals surface area contributed by atoms with Crippen LogP contribution in [0, 0.1) is 17.5 Å². The van der Waals surface area contributed by atoms with E-state index in [4.69, 9.17) is 5.73 Å². The zero-order chi connectivity index (χ0) is 19.5. The van der Waals surface area contributed by atoms with E-state index in [9.17, 15) is 26.3 Å². The van der Waals surface area contributed by atoms with Gasteiger partial charge < -0.3 is 10.3 Å². The summed E-state index contributed by atoms with van der Waals surface area (Å²) in [6, 6.07) is 1.37. The molecule has 4 rings (SSSR count). The number of aromatic nitrogens is 3. The molecule has 3 heterocycles. The summed E-state index contributed by atoms with van der Waals surface area (Å²) in [4.78, 5) is 7.61. The van der Waals surface area contributed by atoms with Crippen molar-refractivity contribution in [2.24, 2.45) is 5.73 Å². The Bertz CT molecular complexity index is 1040. The third kappa shape index (κ3) is 2.93. The first kappa shape index (κ1) is 17.8. The van der Waals surface area contributed by atoms with Crippen molar-refractivity contribution in [3.05, 3.63) is 58.9 Å². The standard InChI is InChI=1S/C17H12F6N4/c18-9-3-11(20)10(19)1-7(9)8-2-16-26-13-5-25-15(17(21,22)23)4-14(13)27(16)6-12(8)24/h1,3-5,8,12H,2,6,24H2/t8?,12-/m0/s1. The number of alkyl halides is 3. The summed E-state index contributed by atoms with van der Waals surface area (Å²) in [5.41, 5.74) is 5.40. The average Bonchev–Trinajstić information content (AvgIpc) is 2.93. The van der Waals surface area contributed by atoms with E-state index in [1.807, 2.05) is 0 Å². The maximum Gasteiger partial charge on any atom is 0.433 e. The number of imidazole rings is 1. The van der Waals surface area contributed by atoms with Crippen molar-refractivity contribution in [1.82, 2.24) is 14.5 Å². The monoisotopic (exact) mass is 386 g/mol. The van der Waals surface area contributed by atoms with Gasteiger partial charge >= 0.3 is 6.18 Å². The van der Waals surface area contributed by atoms with Crippen molar-refractivity contribution in [2.75, 3.05) is 0 Å². The molecule has 142 valence electrons. The van der Waals surface area contributed by atoms with Crippen LogP contribution in [0.15, 0.2) is 24.4 Å². The summed E-state index contributed by atoms with van der Waals surface area (Å²) in [7, 11) is 0. The molecule has 0 fully saturated rings. The fourth-order valence-electron chi connectivity index (χ4n) is 3.44. The highest BCUT2D eigenvalue weighted by molar-refractivity contribution is 5.76. The fourth-order valence-corrected chi connectivity index (χ4v) is 3.44. The SMILES string of the molecule is N[C@H]1Cn2c(nc3cnc(C(F)(F)F)cc32)CC1c1cc(F)c(F)cc1F. The number of benzene rings is 1. The highest BCUT2D eigenvalue weighted by Gasteiger charge is 2.35. The Balaban J connectivity index is 1.78. The second kappa shape index (κ2) is 5.95. The number of nitrogens with zero attached hydrogens (tertiary/aromatic N) is 3. The number of hydrogen-bond donors (Lipinski definition) is 1. The van der Waals surface area contributed by atoms with Gasteiger partial charge in [-0.1, -0.05) is 0 Å². The third-order valence-corrected chi connectivity index (χ3v) is 4.76. The van der Waals surface area contributed by atoms with Crippen LogP contribution in [-0.2, 0) is 19.1 Å². The van der Waals surface area contributed by atoms with Crippen molar-refractivity contribution in [3.8, 4) is 0 Å². The highest BCUT2D eigenvalue weighted by atomic mass is 19.4. The summed E-state index contributed by atoms with van der Waals surface area (Å²) < 4.78 is 81.1. The molecular formula is C17H12F6N4. The number of hydrogen-bond acceptors (Lipinski definition) is 3. The van der Waals surface area contributed by atoms with E-state index in [0.717, 1.165) is 18.3 Å². The topological polar surface area (TPSA) is 56.7 Å². The number of pyridine rings is 1. The zero-order valence-corrected chi connectivity index (χ0v) is 13.6. The number of rotatable bonds is 1. The molecule has 4 nitrogen and oxygen atoms in total. The number of halogens is 6. The predicted octanol–water partition coefficient (Wildman–Crippen LogP) is 3.53. The van der Waals surface area contributed by atoms with Crippen LogP contribution < -0.4 is 5.73 Å². The minimum Gasteiger partial charge on any atom is -0.326 e. The van der Waals surface area contributed by atoms with Gasteiger partial charge in [-0.15, -0.1) is 0 Å². The molecule has 0 spiro atoms. The largest absolute Gasteiger partial charge is 0.433 e. The minimum absolute atomic E-state index is 0.0518. The lowest BCUT2D eigenvalue weighted by Gasteiger charge is -2.30. The number of fused-ring (bicyclic) bond motifs is 3. The molecule has 1 aromatic carbocycles. The van der Waals surface area contributed by atoms with Crippen molar-refractivity contribution >= 4 is 11.0 Å². The molecule has 2 N–H and O–H groups in total. The first-order valence-electron chi connectivity index (χ1n) is 7.97. The zero-order valence-electron chi connectivity index (χ0n) is 13.6. The van der Waals surface area contributed by atoms with Crippen molar-refractivity contribution in [3.63, 3.8) is 0 Å². The smallest absolute Gasteiger partial charge is 0.326 e. The van der Waals surface area contributed by atoms with Crippen molar-refractivity contribution < 1.29 is 26.3 Å². The van der Waals surface area contributed by atoms with Crippen molar-refractivity contribution in [2.45, 2.75) is 31.1 Å². The first-order valence-corrected chi connectivity index (χ1v) is 7.97. The highest BCUT2D eigenvalue weighted by Crippen LogP contribution is 2.35. The molecular weight excluding hydrogens is 374 g/mol. The van der Waals surface area contributed by atoms with E-state index in [1.54, 1.807) is 0 Å². The minimum atomic E-state index is -4.60. The average molecular weight is 386 g/mol. The Morgan fingerprint density at radius 1 is 1.04 bits per heavy atom. The van der Waals surface area contributed by atoms with Crippen LogP contribution in [0.25, 0.3) is 11.0 Å². The van der Waals surface area contributed by atoms with E-state index in [-0.39, 0.29) is 29.6 Å². The second-order valence-corrected chi connectivity index (χ2v) is 6.46. The second-order valence-electron chi connectivity index (χ2n) is 6.46. The van der Waals surface area contributed by atoms with Crippen LogP contribution >= 0.6 is 0 Å². The Kier molecular flexibility index (Phi) is 3.91. The Morgan fingerprint density at radius 2 is 1.74 bits per heavy atom. The molecule has 0 saturated heterocycles. The number of nitrogens with two attached hydrogens (primary N) is 1. The molecule has 0 bridgehead atoms. The van der Waals surface area contributed by atoms with Gasteiger partial charge in [0.25, 0.3) is 0 Å². The third-order valence-electron chi connectivity index (χ3n) is 4.76. The van der Waals surface area contributed by atoms with Gasteiger partial charge in [0.1, 0.15) is 22.9 Å². The molecule has 2 atom stereocenters. The van der Waals surface area contributed by atoms with E-state index < -0.39 is 41.3 Å². The molecule has 0 amide bonds. The summed E-state index contributed by atoms with van der Waals surface area (Å²) in [5.74, 6) is -3.75. The molecule has 1 unspecified atom stereocenters. The maximum atomic E-state index is 14.1. The fraction of sp³-hybridized carbons (Fsp3) is 0.294. The molecule has 0 radical (unpaired) electrons. The summed E-state index contributed by atoms with van der Waals surface area (Å²) >= 11 is 0. The van der Waals surface area contributed by atoms with E-state index in [0.29, 0.717) is 11.9 Å². The molecule has 0 aliphatic carbocycles. The lowest BCUT2D eigenvalue weighted by atomic mass is 9.86. The van der Waals surface area contributed by atoms with Gasteiger partial charge in [-0.25, -0.2) is 23.1 Å². The first-order chi connectivity index (χ1) is 12.6. The van der Waals surface area contributed by atoms with Gasteiger partial charge in [0, 0.05) is 31.0 Å². The van der Waals surface area contributed by atoms with Gasteiger partial charge in [-0.2, -0.15) is 13.2 Å². The normalized spacial score (nSPS) is 20.1. The van der Waals surface area contributed by atoms with E-state index in [1.165, 1.54) is 4.57 Å². The molecule has 1 aliphatic heterocycles. The van der Waals surface area contributed by atoms with Crippen LogP contribution in [0.5, 0.6) is 0 Å². The quantitative estimate of drug-likeness (QED) is 0.514. The van der Waals surface area contributed by atoms with Crippen LogP contribution in [0.2, 0.25) is 0 Å². The van der Waals surface area contributed by atoms with Crippen LogP contribution in [0.1, 0.15) is 23.0 Å². The Morgan fingerprint density at radius 3 is 2.44 bits per heavy atom. The summed E-state index contributed by atoms with van der Waals surface area (Å²) in [5, 5.41) is 0. The summed E-state index contributed by atoms with van der Waals surface area (Å²) in [6.07, 6.45) is -3.52. The van der Waals surface area contributed by atoms with Crippen molar-refractivity contribution in [1.29, 1.82) is 0 Å². The van der Waals surface area contributed by atoms with Crippen LogP contribution in [0.4, 0.5) is 26.3 Å². The van der Waals surface area contributed by atoms with Gasteiger partial charge in [-0.3, -0.25) is 0 Å². The van der Waals surface area contributed by atoms with E-state index in [2.05, 4.69) is 9.97 Å². The Hall–Kier alpha value is -2.62. The van der Waals surface area contributed by atoms with E-state index >= 15 is 0 Å². The molecule has 2 aromatic heterocycles. The molecule has 27 heavy (non-hydrogen) atoms. The maximum absolute atomic E-state index is 14.1. The lowest BCUT2D eigenvalue weighted by Crippen LogP contribution is -2.39. The van der Waals surface area contributed by atoms with Crippen LogP contribution in [-0.4, -0.2) is 20.6 Å². The molecule has 0 saturated carbocycles. The molecule has 1 aliphatic rings. The van der Waals surface area contributed by atoms with Gasteiger partial charge in [-0.05, 0) is 17.7 Å². The van der Waals surface area contributed by atoms with Gasteiger partial charge in [0.2, 0.25) is 0 Å². The summed E-state index contributed by atoms with van der Waals surface area (Å²) in [6.45, 7) is 0.0518. The van der Waals surface area contributed by atoms with Gasteiger partial charge in [0.05, 0.1) is 11.7 Å². The molecule has 3 aromatic rings.